The maximum Gasteiger partial charge on any atom is 0.573 e. The molecule has 0 fully saturated rings. The average molecular weight is 320 g/mol. The Morgan fingerprint density at radius 3 is 2.29 bits per heavy atom. The minimum Gasteiger partial charge on any atom is -0.406 e. The Morgan fingerprint density at radius 2 is 1.71 bits per heavy atom. The van der Waals surface area contributed by atoms with Crippen molar-refractivity contribution < 1.29 is 22.3 Å². The summed E-state index contributed by atoms with van der Waals surface area (Å²) in [5.74, 6) is -0.731. The highest BCUT2D eigenvalue weighted by Crippen LogP contribution is 2.25. The van der Waals surface area contributed by atoms with Crippen molar-refractivity contribution in [2.75, 3.05) is 5.32 Å². The molecule has 0 saturated heterocycles. The molecule has 0 aliphatic rings. The molecule has 7 heteroatoms. The minimum absolute atomic E-state index is 0.229. The van der Waals surface area contributed by atoms with E-state index in [2.05, 4.69) is 10.1 Å². The van der Waals surface area contributed by atoms with E-state index in [0.717, 1.165) is 5.56 Å². The van der Waals surface area contributed by atoms with E-state index >= 15 is 0 Å². The van der Waals surface area contributed by atoms with Crippen LogP contribution in [0.1, 0.15) is 5.56 Å². The second-order valence-corrected chi connectivity index (χ2v) is 4.58. The van der Waals surface area contributed by atoms with Crippen molar-refractivity contribution in [2.45, 2.75) is 12.9 Å². The third-order valence-corrected chi connectivity index (χ3v) is 2.88. The number of anilines is 1. The predicted octanol–water partition coefficient (Wildman–Crippen LogP) is 4.99. The zero-order valence-electron chi connectivity index (χ0n) is 10.5. The lowest BCUT2D eigenvalue weighted by molar-refractivity contribution is -0.274. The molecular formula is C14H10ClF4NO. The Hall–Kier alpha value is -1.95. The quantitative estimate of drug-likeness (QED) is 0.802. The van der Waals surface area contributed by atoms with Crippen LogP contribution in [-0.4, -0.2) is 6.36 Å². The molecule has 0 radical (unpaired) electrons. The maximum absolute atomic E-state index is 12.9. The van der Waals surface area contributed by atoms with E-state index in [4.69, 9.17) is 11.6 Å². The number of benzene rings is 2. The molecule has 0 aliphatic heterocycles. The van der Waals surface area contributed by atoms with Crippen LogP contribution >= 0.6 is 11.6 Å². The predicted molar refractivity (Wildman–Crippen MR) is 71.9 cm³/mol. The molecular weight excluding hydrogens is 310 g/mol. The van der Waals surface area contributed by atoms with Gasteiger partial charge in [-0.15, -0.1) is 13.2 Å². The van der Waals surface area contributed by atoms with Crippen molar-refractivity contribution in [2.24, 2.45) is 0 Å². The van der Waals surface area contributed by atoms with E-state index < -0.39 is 12.2 Å². The molecule has 0 aromatic heterocycles. The standard InChI is InChI=1S/C14H10ClF4NO/c15-12-7-10(16)3-6-13(12)20-8-9-1-4-11(5-2-9)21-14(17,18)19/h1-7,20H,8H2. The third-order valence-electron chi connectivity index (χ3n) is 2.57. The van der Waals surface area contributed by atoms with Crippen LogP contribution in [0.2, 0.25) is 5.02 Å². The molecule has 1 N–H and O–H groups in total. The Balaban J connectivity index is 1.97. The summed E-state index contributed by atoms with van der Waals surface area (Å²) < 4.78 is 52.7. The van der Waals surface area contributed by atoms with E-state index in [0.29, 0.717) is 12.2 Å². The Morgan fingerprint density at radius 1 is 1.05 bits per heavy atom. The zero-order chi connectivity index (χ0) is 15.5. The van der Waals surface area contributed by atoms with Crippen LogP contribution in [0.4, 0.5) is 23.2 Å². The molecule has 2 aromatic carbocycles. The molecule has 0 amide bonds. The fraction of sp³-hybridized carbons (Fsp3) is 0.143. The van der Waals surface area contributed by atoms with E-state index in [9.17, 15) is 17.6 Å². The number of hydrogen-bond acceptors (Lipinski definition) is 2. The van der Waals surface area contributed by atoms with E-state index in [1.807, 2.05) is 0 Å². The van der Waals surface area contributed by atoms with Crippen molar-refractivity contribution >= 4 is 17.3 Å². The molecule has 112 valence electrons. The van der Waals surface area contributed by atoms with Gasteiger partial charge in [-0.1, -0.05) is 23.7 Å². The summed E-state index contributed by atoms with van der Waals surface area (Å²) in [6.45, 7) is 0.331. The second-order valence-electron chi connectivity index (χ2n) is 4.17. The lowest BCUT2D eigenvalue weighted by Gasteiger charge is -2.11. The summed E-state index contributed by atoms with van der Waals surface area (Å²) >= 11 is 5.85. The number of alkyl halides is 3. The topological polar surface area (TPSA) is 21.3 Å². The van der Waals surface area contributed by atoms with Gasteiger partial charge in [-0.3, -0.25) is 0 Å². The third kappa shape index (κ3) is 4.82. The Labute approximate surface area is 123 Å². The molecule has 21 heavy (non-hydrogen) atoms. The molecule has 0 saturated carbocycles. The summed E-state index contributed by atoms with van der Waals surface area (Å²) in [6.07, 6.45) is -4.71. The molecule has 0 heterocycles. The van der Waals surface area contributed by atoms with Gasteiger partial charge in [-0.25, -0.2) is 4.39 Å². The summed E-state index contributed by atoms with van der Waals surface area (Å²) in [5, 5.41) is 3.19. The van der Waals surface area contributed by atoms with Crippen molar-refractivity contribution in [3.05, 3.63) is 58.9 Å². The average Bonchev–Trinajstić information content (AvgIpc) is 2.38. The van der Waals surface area contributed by atoms with Gasteiger partial charge in [0.25, 0.3) is 0 Å². The fourth-order valence-electron chi connectivity index (χ4n) is 1.64. The van der Waals surface area contributed by atoms with Crippen LogP contribution in [0.5, 0.6) is 5.75 Å². The molecule has 2 rings (SSSR count). The van der Waals surface area contributed by atoms with Crippen LogP contribution < -0.4 is 10.1 Å². The number of nitrogens with one attached hydrogen (secondary N) is 1. The Bertz CT molecular complexity index is 613. The van der Waals surface area contributed by atoms with Gasteiger partial charge < -0.3 is 10.1 Å². The fourth-order valence-corrected chi connectivity index (χ4v) is 1.87. The van der Waals surface area contributed by atoms with Crippen LogP contribution in [0.25, 0.3) is 0 Å². The number of rotatable bonds is 4. The van der Waals surface area contributed by atoms with E-state index in [-0.39, 0.29) is 10.8 Å². The number of halogens is 5. The van der Waals surface area contributed by atoms with Crippen LogP contribution in [0, 0.1) is 5.82 Å². The first-order chi connectivity index (χ1) is 9.83. The van der Waals surface area contributed by atoms with Crippen LogP contribution in [-0.2, 0) is 6.54 Å². The van der Waals surface area contributed by atoms with Crippen molar-refractivity contribution in [1.82, 2.24) is 0 Å². The van der Waals surface area contributed by atoms with Gasteiger partial charge in [-0.05, 0) is 35.9 Å². The smallest absolute Gasteiger partial charge is 0.406 e. The van der Waals surface area contributed by atoms with Crippen molar-refractivity contribution in [3.8, 4) is 5.75 Å². The Kier molecular flexibility index (Phi) is 4.57. The molecule has 2 aromatic rings. The van der Waals surface area contributed by atoms with Gasteiger partial charge in [0.2, 0.25) is 0 Å². The number of hydrogen-bond donors (Lipinski definition) is 1. The minimum atomic E-state index is -4.71. The van der Waals surface area contributed by atoms with Gasteiger partial charge >= 0.3 is 6.36 Å². The second kappa shape index (κ2) is 6.22. The normalized spacial score (nSPS) is 11.3. The van der Waals surface area contributed by atoms with E-state index in [1.165, 1.54) is 42.5 Å². The molecule has 0 atom stereocenters. The van der Waals surface area contributed by atoms with Gasteiger partial charge in [0.05, 0.1) is 10.7 Å². The van der Waals surface area contributed by atoms with Crippen molar-refractivity contribution in [1.29, 1.82) is 0 Å². The van der Waals surface area contributed by atoms with Gasteiger partial charge in [-0.2, -0.15) is 0 Å². The summed E-state index contributed by atoms with van der Waals surface area (Å²) in [7, 11) is 0. The summed E-state index contributed by atoms with van der Waals surface area (Å²) in [4.78, 5) is 0. The highest BCUT2D eigenvalue weighted by atomic mass is 35.5. The monoisotopic (exact) mass is 319 g/mol. The van der Waals surface area contributed by atoms with E-state index in [1.54, 1.807) is 0 Å². The highest BCUT2D eigenvalue weighted by Gasteiger charge is 2.30. The van der Waals surface area contributed by atoms with Crippen molar-refractivity contribution in [3.63, 3.8) is 0 Å². The molecule has 0 aliphatic carbocycles. The highest BCUT2D eigenvalue weighted by molar-refractivity contribution is 6.33. The number of ether oxygens (including phenoxy) is 1. The van der Waals surface area contributed by atoms with Gasteiger partial charge in [0.15, 0.2) is 0 Å². The molecule has 0 bridgehead atoms. The van der Waals surface area contributed by atoms with Gasteiger partial charge in [0.1, 0.15) is 11.6 Å². The first kappa shape index (κ1) is 15.4. The lowest BCUT2D eigenvalue weighted by atomic mass is 10.2. The summed E-state index contributed by atoms with van der Waals surface area (Å²) in [6, 6.07) is 9.34. The largest absolute Gasteiger partial charge is 0.573 e. The SMILES string of the molecule is Fc1ccc(NCc2ccc(OC(F)(F)F)cc2)c(Cl)c1. The lowest BCUT2D eigenvalue weighted by Crippen LogP contribution is -2.17. The molecule has 2 nitrogen and oxygen atoms in total. The maximum atomic E-state index is 12.9. The van der Waals surface area contributed by atoms with Gasteiger partial charge in [0, 0.05) is 6.54 Å². The first-order valence-electron chi connectivity index (χ1n) is 5.87. The van der Waals surface area contributed by atoms with Crippen LogP contribution in [0.3, 0.4) is 0 Å². The molecule has 0 spiro atoms. The summed E-state index contributed by atoms with van der Waals surface area (Å²) in [5.41, 5.74) is 1.26. The first-order valence-corrected chi connectivity index (χ1v) is 6.25. The van der Waals surface area contributed by atoms with Crippen LogP contribution in [0.15, 0.2) is 42.5 Å². The molecule has 0 unspecified atom stereocenters. The zero-order valence-corrected chi connectivity index (χ0v) is 11.3.